The summed E-state index contributed by atoms with van der Waals surface area (Å²) in [5, 5.41) is 14.1. The van der Waals surface area contributed by atoms with Gasteiger partial charge in [0.1, 0.15) is 6.10 Å². The molecule has 0 aliphatic carbocycles. The van der Waals surface area contributed by atoms with Gasteiger partial charge in [0, 0.05) is 13.2 Å². The third-order valence-corrected chi connectivity index (χ3v) is 2.05. The van der Waals surface area contributed by atoms with Crippen LogP contribution in [-0.2, 0) is 11.3 Å². The van der Waals surface area contributed by atoms with Crippen molar-refractivity contribution in [2.24, 2.45) is 0 Å². The highest BCUT2D eigenvalue weighted by atomic mass is 16.5. The summed E-state index contributed by atoms with van der Waals surface area (Å²) in [5.41, 5.74) is 1.76. The Bertz CT molecular complexity index is 284. The van der Waals surface area contributed by atoms with E-state index >= 15 is 0 Å². The van der Waals surface area contributed by atoms with Crippen LogP contribution >= 0.6 is 0 Å². The molecule has 0 saturated carbocycles. The van der Waals surface area contributed by atoms with Crippen LogP contribution in [0.2, 0.25) is 0 Å². The molecule has 1 atom stereocenters. The van der Waals surface area contributed by atoms with E-state index in [0.717, 1.165) is 17.9 Å². The zero-order valence-electron chi connectivity index (χ0n) is 9.03. The number of aryl methyl sites for hydroxylation is 2. The third kappa shape index (κ3) is 2.56. The SMILES string of the molecule is CCOCC(O)c1cc(C)nn1CC. The maximum Gasteiger partial charge on any atom is 0.119 e. The van der Waals surface area contributed by atoms with E-state index in [1.165, 1.54) is 0 Å². The van der Waals surface area contributed by atoms with Gasteiger partial charge in [-0.25, -0.2) is 0 Å². The predicted octanol–water partition coefficient (Wildman–Crippen LogP) is 1.28. The van der Waals surface area contributed by atoms with Gasteiger partial charge in [0.15, 0.2) is 0 Å². The van der Waals surface area contributed by atoms with Crippen molar-refractivity contribution in [1.29, 1.82) is 0 Å². The number of aromatic nitrogens is 2. The molecule has 0 aliphatic heterocycles. The molecule has 0 bridgehead atoms. The first-order valence-corrected chi connectivity index (χ1v) is 4.99. The number of ether oxygens (including phenoxy) is 1. The van der Waals surface area contributed by atoms with Gasteiger partial charge < -0.3 is 9.84 Å². The quantitative estimate of drug-likeness (QED) is 0.775. The largest absolute Gasteiger partial charge is 0.384 e. The number of aliphatic hydroxyl groups is 1. The van der Waals surface area contributed by atoms with Crippen LogP contribution in [0.3, 0.4) is 0 Å². The number of rotatable bonds is 5. The molecule has 0 amide bonds. The highest BCUT2D eigenvalue weighted by Crippen LogP contribution is 2.14. The van der Waals surface area contributed by atoms with Gasteiger partial charge >= 0.3 is 0 Å². The summed E-state index contributed by atoms with van der Waals surface area (Å²) in [6, 6.07) is 1.90. The average molecular weight is 198 g/mol. The third-order valence-electron chi connectivity index (χ3n) is 2.05. The summed E-state index contributed by atoms with van der Waals surface area (Å²) in [7, 11) is 0. The van der Waals surface area contributed by atoms with E-state index in [1.54, 1.807) is 4.68 Å². The van der Waals surface area contributed by atoms with E-state index in [-0.39, 0.29) is 0 Å². The number of hydrogen-bond acceptors (Lipinski definition) is 3. The van der Waals surface area contributed by atoms with E-state index in [9.17, 15) is 5.11 Å². The lowest BCUT2D eigenvalue weighted by Crippen LogP contribution is -2.13. The van der Waals surface area contributed by atoms with Crippen molar-refractivity contribution in [3.63, 3.8) is 0 Å². The molecule has 14 heavy (non-hydrogen) atoms. The first kappa shape index (κ1) is 11.2. The standard InChI is InChI=1S/C10H18N2O2/c1-4-12-9(6-8(3)11-12)10(13)7-14-5-2/h6,10,13H,4-5,7H2,1-3H3. The normalized spacial score (nSPS) is 13.1. The molecule has 4 nitrogen and oxygen atoms in total. The van der Waals surface area contributed by atoms with E-state index in [0.29, 0.717) is 13.2 Å². The fourth-order valence-electron chi connectivity index (χ4n) is 1.40. The molecule has 1 aromatic heterocycles. The van der Waals surface area contributed by atoms with Crippen LogP contribution in [0.5, 0.6) is 0 Å². The molecule has 1 aromatic rings. The van der Waals surface area contributed by atoms with Crippen molar-refractivity contribution in [2.45, 2.75) is 33.4 Å². The Balaban J connectivity index is 2.72. The highest BCUT2D eigenvalue weighted by molar-refractivity contribution is 5.11. The maximum absolute atomic E-state index is 9.79. The predicted molar refractivity (Wildman–Crippen MR) is 54.1 cm³/mol. The lowest BCUT2D eigenvalue weighted by atomic mass is 10.2. The summed E-state index contributed by atoms with van der Waals surface area (Å²) in [6.45, 7) is 7.56. The summed E-state index contributed by atoms with van der Waals surface area (Å²) < 4.78 is 6.97. The van der Waals surface area contributed by atoms with Crippen molar-refractivity contribution in [2.75, 3.05) is 13.2 Å². The Morgan fingerprint density at radius 3 is 2.86 bits per heavy atom. The molecular formula is C10H18N2O2. The zero-order valence-corrected chi connectivity index (χ0v) is 9.03. The van der Waals surface area contributed by atoms with Crippen molar-refractivity contribution in [3.05, 3.63) is 17.5 Å². The summed E-state index contributed by atoms with van der Waals surface area (Å²) >= 11 is 0. The molecule has 1 N–H and O–H groups in total. The molecule has 0 radical (unpaired) electrons. The first-order chi connectivity index (χ1) is 6.69. The van der Waals surface area contributed by atoms with Crippen LogP contribution in [0.4, 0.5) is 0 Å². The van der Waals surface area contributed by atoms with E-state index in [2.05, 4.69) is 5.10 Å². The van der Waals surface area contributed by atoms with Crippen LogP contribution in [-0.4, -0.2) is 28.1 Å². The topological polar surface area (TPSA) is 47.3 Å². The summed E-state index contributed by atoms with van der Waals surface area (Å²) in [4.78, 5) is 0. The molecule has 0 aromatic carbocycles. The monoisotopic (exact) mass is 198 g/mol. The lowest BCUT2D eigenvalue weighted by molar-refractivity contribution is 0.0373. The van der Waals surface area contributed by atoms with Crippen LogP contribution in [0, 0.1) is 6.92 Å². The highest BCUT2D eigenvalue weighted by Gasteiger charge is 2.13. The lowest BCUT2D eigenvalue weighted by Gasteiger charge is -2.11. The van der Waals surface area contributed by atoms with Gasteiger partial charge in [-0.3, -0.25) is 4.68 Å². The fourth-order valence-corrected chi connectivity index (χ4v) is 1.40. The van der Waals surface area contributed by atoms with Crippen molar-refractivity contribution >= 4 is 0 Å². The second-order valence-corrected chi connectivity index (χ2v) is 3.20. The molecule has 1 unspecified atom stereocenters. The average Bonchev–Trinajstić information content (AvgIpc) is 2.56. The minimum atomic E-state index is -0.573. The van der Waals surface area contributed by atoms with Crippen LogP contribution in [0.25, 0.3) is 0 Å². The van der Waals surface area contributed by atoms with E-state index in [4.69, 9.17) is 4.74 Å². The van der Waals surface area contributed by atoms with Gasteiger partial charge in [-0.05, 0) is 26.8 Å². The van der Waals surface area contributed by atoms with Gasteiger partial charge in [-0.15, -0.1) is 0 Å². The molecule has 80 valence electrons. The number of nitrogens with zero attached hydrogens (tertiary/aromatic N) is 2. The first-order valence-electron chi connectivity index (χ1n) is 4.99. The summed E-state index contributed by atoms with van der Waals surface area (Å²) in [5.74, 6) is 0. The summed E-state index contributed by atoms with van der Waals surface area (Å²) in [6.07, 6.45) is -0.573. The van der Waals surface area contributed by atoms with Gasteiger partial charge in [0.05, 0.1) is 18.0 Å². The Hall–Kier alpha value is -0.870. The molecular weight excluding hydrogens is 180 g/mol. The Labute approximate surface area is 84.5 Å². The smallest absolute Gasteiger partial charge is 0.119 e. The van der Waals surface area contributed by atoms with Gasteiger partial charge in [0.25, 0.3) is 0 Å². The molecule has 0 aliphatic rings. The van der Waals surface area contributed by atoms with Gasteiger partial charge in [0.2, 0.25) is 0 Å². The molecule has 0 fully saturated rings. The van der Waals surface area contributed by atoms with Crippen LogP contribution < -0.4 is 0 Å². The van der Waals surface area contributed by atoms with Crippen molar-refractivity contribution < 1.29 is 9.84 Å². The van der Waals surface area contributed by atoms with E-state index in [1.807, 2.05) is 26.8 Å². The Kier molecular flexibility index (Phi) is 4.10. The minimum absolute atomic E-state index is 0.335. The minimum Gasteiger partial charge on any atom is -0.384 e. The Morgan fingerprint density at radius 2 is 2.29 bits per heavy atom. The number of hydrogen-bond donors (Lipinski definition) is 1. The number of aliphatic hydroxyl groups excluding tert-OH is 1. The molecule has 1 heterocycles. The zero-order chi connectivity index (χ0) is 10.6. The van der Waals surface area contributed by atoms with Crippen molar-refractivity contribution in [1.82, 2.24) is 9.78 Å². The van der Waals surface area contributed by atoms with E-state index < -0.39 is 6.10 Å². The van der Waals surface area contributed by atoms with Crippen LogP contribution in [0.15, 0.2) is 6.07 Å². The molecule has 1 rings (SSSR count). The molecule has 0 spiro atoms. The maximum atomic E-state index is 9.79. The fraction of sp³-hybridized carbons (Fsp3) is 0.700. The molecule has 4 heteroatoms. The van der Waals surface area contributed by atoms with Crippen LogP contribution in [0.1, 0.15) is 31.3 Å². The second-order valence-electron chi connectivity index (χ2n) is 3.20. The van der Waals surface area contributed by atoms with Gasteiger partial charge in [-0.2, -0.15) is 5.10 Å². The Morgan fingerprint density at radius 1 is 1.57 bits per heavy atom. The van der Waals surface area contributed by atoms with Gasteiger partial charge in [-0.1, -0.05) is 0 Å². The molecule has 0 saturated heterocycles. The van der Waals surface area contributed by atoms with Crippen molar-refractivity contribution in [3.8, 4) is 0 Å². The second kappa shape index (κ2) is 5.12.